The van der Waals surface area contributed by atoms with Crippen LogP contribution in [0.15, 0.2) is 6.07 Å². The van der Waals surface area contributed by atoms with Crippen LogP contribution in [0.4, 0.5) is 4.39 Å². The predicted octanol–water partition coefficient (Wildman–Crippen LogP) is 3.78. The maximum Gasteiger partial charge on any atom is 0.314 e. The molecule has 116 valence electrons. The topological polar surface area (TPSA) is 55.8 Å². The van der Waals surface area contributed by atoms with Gasteiger partial charge in [-0.2, -0.15) is 0 Å². The van der Waals surface area contributed by atoms with Gasteiger partial charge in [-0.1, -0.05) is 30.9 Å². The number of carbonyl (C=O) groups is 1. The van der Waals surface area contributed by atoms with E-state index in [1.54, 1.807) is 0 Å². The van der Waals surface area contributed by atoms with Crippen molar-refractivity contribution < 1.29 is 23.8 Å². The standard InChI is InChI=1S/C15H18ClFO4/c1-20-12-9(8-10(16)11(17)13(12)21-2)15(14(18)19)6-4-3-5-7-15/h8H,3-7H2,1-2H3,(H,18,19). The van der Waals surface area contributed by atoms with Gasteiger partial charge in [-0.25, -0.2) is 4.39 Å². The monoisotopic (exact) mass is 316 g/mol. The van der Waals surface area contributed by atoms with Gasteiger partial charge in [0.2, 0.25) is 0 Å². The van der Waals surface area contributed by atoms with E-state index >= 15 is 0 Å². The van der Waals surface area contributed by atoms with E-state index in [-0.39, 0.29) is 16.5 Å². The van der Waals surface area contributed by atoms with Crippen LogP contribution in [0.2, 0.25) is 5.02 Å². The van der Waals surface area contributed by atoms with Gasteiger partial charge in [0, 0.05) is 5.56 Å². The molecular weight excluding hydrogens is 299 g/mol. The van der Waals surface area contributed by atoms with E-state index in [1.807, 2.05) is 0 Å². The number of rotatable bonds is 4. The Kier molecular flexibility index (Phi) is 4.61. The largest absolute Gasteiger partial charge is 0.492 e. The molecule has 1 aliphatic carbocycles. The molecule has 0 heterocycles. The Morgan fingerprint density at radius 1 is 1.24 bits per heavy atom. The third-order valence-electron chi connectivity index (χ3n) is 4.17. The summed E-state index contributed by atoms with van der Waals surface area (Å²) in [7, 11) is 2.67. The molecule has 0 atom stereocenters. The summed E-state index contributed by atoms with van der Waals surface area (Å²) < 4.78 is 24.3. The maximum atomic E-state index is 14.0. The molecule has 2 rings (SSSR count). The minimum atomic E-state index is -1.10. The molecule has 0 radical (unpaired) electrons. The number of aliphatic carboxylic acids is 1. The number of halogens is 2. The predicted molar refractivity (Wildman–Crippen MR) is 76.9 cm³/mol. The Bertz CT molecular complexity index is 553. The summed E-state index contributed by atoms with van der Waals surface area (Å²) in [6.45, 7) is 0. The zero-order valence-corrected chi connectivity index (χ0v) is 12.8. The van der Waals surface area contributed by atoms with Crippen LogP contribution in [0, 0.1) is 5.82 Å². The molecule has 0 bridgehead atoms. The molecule has 1 saturated carbocycles. The number of methoxy groups -OCH3 is 2. The van der Waals surface area contributed by atoms with Crippen LogP contribution in [-0.4, -0.2) is 25.3 Å². The van der Waals surface area contributed by atoms with Crippen LogP contribution in [0.3, 0.4) is 0 Å². The van der Waals surface area contributed by atoms with E-state index < -0.39 is 17.2 Å². The molecule has 0 amide bonds. The Balaban J connectivity index is 2.71. The Morgan fingerprint density at radius 2 is 1.81 bits per heavy atom. The van der Waals surface area contributed by atoms with E-state index in [0.29, 0.717) is 18.4 Å². The highest BCUT2D eigenvalue weighted by atomic mass is 35.5. The average molecular weight is 317 g/mol. The molecule has 1 fully saturated rings. The van der Waals surface area contributed by atoms with Crippen LogP contribution < -0.4 is 9.47 Å². The zero-order chi connectivity index (χ0) is 15.6. The normalized spacial score (nSPS) is 17.3. The summed E-state index contributed by atoms with van der Waals surface area (Å²) in [5.74, 6) is -1.71. The van der Waals surface area contributed by atoms with Gasteiger partial charge >= 0.3 is 5.97 Å². The summed E-state index contributed by atoms with van der Waals surface area (Å²) in [6.07, 6.45) is 3.54. The van der Waals surface area contributed by atoms with Gasteiger partial charge in [-0.15, -0.1) is 0 Å². The third-order valence-corrected chi connectivity index (χ3v) is 4.45. The second-order valence-corrected chi connectivity index (χ2v) is 5.64. The first-order valence-corrected chi connectivity index (χ1v) is 7.19. The fraction of sp³-hybridized carbons (Fsp3) is 0.533. The van der Waals surface area contributed by atoms with Crippen LogP contribution >= 0.6 is 11.6 Å². The van der Waals surface area contributed by atoms with Crippen molar-refractivity contribution in [1.82, 2.24) is 0 Å². The van der Waals surface area contributed by atoms with Crippen molar-refractivity contribution in [3.63, 3.8) is 0 Å². The molecule has 1 aliphatic rings. The first-order chi connectivity index (χ1) is 9.97. The quantitative estimate of drug-likeness (QED) is 0.918. The maximum absolute atomic E-state index is 14.0. The lowest BCUT2D eigenvalue weighted by Crippen LogP contribution is -2.38. The van der Waals surface area contributed by atoms with Crippen LogP contribution in [0.25, 0.3) is 0 Å². The SMILES string of the molecule is COc1c(C2(C(=O)O)CCCCC2)cc(Cl)c(F)c1OC. The molecule has 0 aliphatic heterocycles. The Labute approximate surface area is 127 Å². The summed E-state index contributed by atoms with van der Waals surface area (Å²) in [4.78, 5) is 11.9. The summed E-state index contributed by atoms with van der Waals surface area (Å²) in [5, 5.41) is 9.59. The Morgan fingerprint density at radius 3 is 2.29 bits per heavy atom. The molecule has 1 aromatic rings. The number of hydrogen-bond acceptors (Lipinski definition) is 3. The zero-order valence-electron chi connectivity index (χ0n) is 12.0. The lowest BCUT2D eigenvalue weighted by Gasteiger charge is -2.35. The van der Waals surface area contributed by atoms with Crippen molar-refractivity contribution in [3.05, 3.63) is 22.5 Å². The third kappa shape index (κ3) is 2.55. The molecule has 0 unspecified atom stereocenters. The molecule has 0 saturated heterocycles. The number of ether oxygens (including phenoxy) is 2. The first-order valence-electron chi connectivity index (χ1n) is 6.81. The van der Waals surface area contributed by atoms with Gasteiger partial charge in [-0.05, 0) is 18.9 Å². The Hall–Kier alpha value is -1.49. The number of carboxylic acids is 1. The van der Waals surface area contributed by atoms with Crippen molar-refractivity contribution in [2.45, 2.75) is 37.5 Å². The molecule has 0 aromatic heterocycles. The van der Waals surface area contributed by atoms with Gasteiger partial charge in [0.05, 0.1) is 24.7 Å². The van der Waals surface area contributed by atoms with Gasteiger partial charge in [0.15, 0.2) is 17.3 Å². The molecule has 1 aromatic carbocycles. The summed E-state index contributed by atoms with van der Waals surface area (Å²) in [6, 6.07) is 1.36. The highest BCUT2D eigenvalue weighted by Gasteiger charge is 2.44. The second kappa shape index (κ2) is 6.10. The highest BCUT2D eigenvalue weighted by Crippen LogP contribution is 2.49. The van der Waals surface area contributed by atoms with Crippen LogP contribution in [0.1, 0.15) is 37.7 Å². The van der Waals surface area contributed by atoms with Gasteiger partial charge in [0.25, 0.3) is 0 Å². The van der Waals surface area contributed by atoms with E-state index in [2.05, 4.69) is 0 Å². The van der Waals surface area contributed by atoms with Crippen molar-refractivity contribution >= 4 is 17.6 Å². The molecule has 6 heteroatoms. The van der Waals surface area contributed by atoms with Gasteiger partial charge < -0.3 is 14.6 Å². The molecule has 1 N–H and O–H groups in total. The van der Waals surface area contributed by atoms with E-state index in [9.17, 15) is 14.3 Å². The van der Waals surface area contributed by atoms with Crippen molar-refractivity contribution in [2.24, 2.45) is 0 Å². The van der Waals surface area contributed by atoms with E-state index in [1.165, 1.54) is 20.3 Å². The van der Waals surface area contributed by atoms with Crippen molar-refractivity contribution in [2.75, 3.05) is 14.2 Å². The highest BCUT2D eigenvalue weighted by molar-refractivity contribution is 6.31. The van der Waals surface area contributed by atoms with Crippen molar-refractivity contribution in [1.29, 1.82) is 0 Å². The van der Waals surface area contributed by atoms with Crippen LogP contribution in [-0.2, 0) is 10.2 Å². The lowest BCUT2D eigenvalue weighted by atomic mass is 9.69. The molecular formula is C15H18ClFO4. The van der Waals surface area contributed by atoms with E-state index in [4.69, 9.17) is 21.1 Å². The minimum Gasteiger partial charge on any atom is -0.492 e. The number of carboxylic acid groups (broad SMARTS) is 1. The first kappa shape index (κ1) is 15.9. The number of hydrogen-bond donors (Lipinski definition) is 1. The van der Waals surface area contributed by atoms with Gasteiger partial charge in [0.1, 0.15) is 0 Å². The fourth-order valence-electron chi connectivity index (χ4n) is 3.08. The molecule has 4 nitrogen and oxygen atoms in total. The minimum absolute atomic E-state index is 0.115. The molecule has 21 heavy (non-hydrogen) atoms. The summed E-state index contributed by atoms with van der Waals surface area (Å²) >= 11 is 5.91. The van der Waals surface area contributed by atoms with E-state index in [0.717, 1.165) is 19.3 Å². The lowest BCUT2D eigenvalue weighted by molar-refractivity contribution is -0.145. The molecule has 0 spiro atoms. The van der Waals surface area contributed by atoms with Gasteiger partial charge in [-0.3, -0.25) is 4.79 Å². The second-order valence-electron chi connectivity index (χ2n) is 5.23. The fourth-order valence-corrected chi connectivity index (χ4v) is 3.28. The van der Waals surface area contributed by atoms with Crippen molar-refractivity contribution in [3.8, 4) is 11.5 Å². The van der Waals surface area contributed by atoms with Crippen LogP contribution in [0.5, 0.6) is 11.5 Å². The average Bonchev–Trinajstić information content (AvgIpc) is 2.49. The number of benzene rings is 1. The summed E-state index contributed by atoms with van der Waals surface area (Å²) in [5.41, 5.74) is -0.714. The smallest absolute Gasteiger partial charge is 0.314 e.